The predicted molar refractivity (Wildman–Crippen MR) is 75.0 cm³/mol. The highest BCUT2D eigenvalue weighted by Gasteiger charge is 2.27. The molecule has 0 saturated heterocycles. The van der Waals surface area contributed by atoms with Crippen LogP contribution in [0.2, 0.25) is 0 Å². The van der Waals surface area contributed by atoms with Gasteiger partial charge in [-0.15, -0.1) is 0 Å². The summed E-state index contributed by atoms with van der Waals surface area (Å²) in [6, 6.07) is 6.73. The Labute approximate surface area is 118 Å². The van der Waals surface area contributed by atoms with Gasteiger partial charge in [-0.2, -0.15) is 0 Å². The molecule has 5 heteroatoms. The van der Waals surface area contributed by atoms with E-state index < -0.39 is 5.91 Å². The second kappa shape index (κ2) is 6.41. The third-order valence-electron chi connectivity index (χ3n) is 3.68. The molecule has 0 aliphatic heterocycles. The molecule has 5 nitrogen and oxygen atoms in total. The van der Waals surface area contributed by atoms with Crippen molar-refractivity contribution in [1.29, 1.82) is 0 Å². The van der Waals surface area contributed by atoms with Gasteiger partial charge >= 0.3 is 0 Å². The molecule has 20 heavy (non-hydrogen) atoms. The van der Waals surface area contributed by atoms with E-state index in [-0.39, 0.29) is 30.7 Å². The highest BCUT2D eigenvalue weighted by atomic mass is 16.3. The Morgan fingerprint density at radius 1 is 1.30 bits per heavy atom. The predicted octanol–water partition coefficient (Wildman–Crippen LogP) is 1.19. The van der Waals surface area contributed by atoms with Crippen molar-refractivity contribution in [3.05, 3.63) is 29.8 Å². The molecular formula is C15H20N2O3. The minimum Gasteiger partial charge on any atom is -0.508 e. The first-order valence-electron chi connectivity index (χ1n) is 6.92. The Morgan fingerprint density at radius 3 is 2.60 bits per heavy atom. The Kier molecular flexibility index (Phi) is 4.61. The normalized spacial score (nSPS) is 15.2. The molecule has 0 heterocycles. The van der Waals surface area contributed by atoms with Crippen molar-refractivity contribution in [1.82, 2.24) is 4.90 Å². The molecule has 0 aromatic heterocycles. The number of nitrogens with zero attached hydrogens (tertiary/aromatic N) is 1. The SMILES string of the molecule is NC(=O)CN(C(=O)Cc1cccc(O)c1)C1CCCC1. The van der Waals surface area contributed by atoms with Gasteiger partial charge in [0.25, 0.3) is 0 Å². The van der Waals surface area contributed by atoms with E-state index in [0.717, 1.165) is 31.2 Å². The molecule has 1 aromatic rings. The van der Waals surface area contributed by atoms with E-state index in [1.165, 1.54) is 0 Å². The first-order chi connectivity index (χ1) is 9.56. The first-order valence-corrected chi connectivity index (χ1v) is 6.92. The van der Waals surface area contributed by atoms with Gasteiger partial charge in [0.2, 0.25) is 11.8 Å². The van der Waals surface area contributed by atoms with Gasteiger partial charge in [0.1, 0.15) is 5.75 Å². The average molecular weight is 276 g/mol. The van der Waals surface area contributed by atoms with E-state index in [2.05, 4.69) is 0 Å². The van der Waals surface area contributed by atoms with Crippen LogP contribution in [0.1, 0.15) is 31.2 Å². The van der Waals surface area contributed by atoms with E-state index >= 15 is 0 Å². The van der Waals surface area contributed by atoms with Crippen LogP contribution in [0.15, 0.2) is 24.3 Å². The molecule has 0 radical (unpaired) electrons. The Morgan fingerprint density at radius 2 is 2.00 bits per heavy atom. The lowest BCUT2D eigenvalue weighted by molar-refractivity contribution is -0.136. The monoisotopic (exact) mass is 276 g/mol. The largest absolute Gasteiger partial charge is 0.508 e. The van der Waals surface area contributed by atoms with Crippen molar-refractivity contribution >= 4 is 11.8 Å². The van der Waals surface area contributed by atoms with Crippen LogP contribution < -0.4 is 5.73 Å². The highest BCUT2D eigenvalue weighted by Crippen LogP contribution is 2.24. The molecule has 1 aromatic carbocycles. The molecule has 0 atom stereocenters. The molecule has 1 aliphatic carbocycles. The summed E-state index contributed by atoms with van der Waals surface area (Å²) in [5.41, 5.74) is 5.98. The molecule has 1 saturated carbocycles. The van der Waals surface area contributed by atoms with Crippen LogP contribution in [0.3, 0.4) is 0 Å². The number of carbonyl (C=O) groups excluding carboxylic acids is 2. The number of rotatable bonds is 5. The number of phenols is 1. The number of aromatic hydroxyl groups is 1. The second-order valence-corrected chi connectivity index (χ2v) is 5.27. The minimum absolute atomic E-state index is 0.0255. The van der Waals surface area contributed by atoms with Crippen molar-refractivity contribution in [3.63, 3.8) is 0 Å². The minimum atomic E-state index is -0.485. The molecule has 1 aliphatic rings. The summed E-state index contributed by atoms with van der Waals surface area (Å²) in [4.78, 5) is 25.1. The number of amides is 2. The van der Waals surface area contributed by atoms with E-state index in [9.17, 15) is 14.7 Å². The number of phenolic OH excluding ortho intramolecular Hbond substituents is 1. The van der Waals surface area contributed by atoms with Crippen LogP contribution in [0.25, 0.3) is 0 Å². The van der Waals surface area contributed by atoms with E-state index in [0.29, 0.717) is 0 Å². The Balaban J connectivity index is 2.07. The summed E-state index contributed by atoms with van der Waals surface area (Å²) in [7, 11) is 0. The molecule has 3 N–H and O–H groups in total. The molecule has 2 amide bonds. The molecule has 0 unspecified atom stereocenters. The standard InChI is InChI=1S/C15H20N2O3/c16-14(19)10-17(12-5-1-2-6-12)15(20)9-11-4-3-7-13(18)8-11/h3-4,7-8,12,18H,1-2,5-6,9-10H2,(H2,16,19). The summed E-state index contributed by atoms with van der Waals surface area (Å²) >= 11 is 0. The van der Waals surface area contributed by atoms with Gasteiger partial charge in [0.15, 0.2) is 0 Å². The third kappa shape index (κ3) is 3.73. The summed E-state index contributed by atoms with van der Waals surface area (Å²) in [5.74, 6) is -0.458. The van der Waals surface area contributed by atoms with Crippen LogP contribution in [0.4, 0.5) is 0 Å². The number of benzene rings is 1. The highest BCUT2D eigenvalue weighted by molar-refractivity contribution is 5.85. The van der Waals surface area contributed by atoms with Gasteiger partial charge in [-0.25, -0.2) is 0 Å². The van der Waals surface area contributed by atoms with Crippen LogP contribution in [0.5, 0.6) is 5.75 Å². The van der Waals surface area contributed by atoms with Gasteiger partial charge in [0.05, 0.1) is 13.0 Å². The lowest BCUT2D eigenvalue weighted by atomic mass is 10.1. The molecule has 0 spiro atoms. The fraction of sp³-hybridized carbons (Fsp3) is 0.467. The molecule has 108 valence electrons. The van der Waals surface area contributed by atoms with Gasteiger partial charge in [-0.1, -0.05) is 25.0 Å². The third-order valence-corrected chi connectivity index (χ3v) is 3.68. The lowest BCUT2D eigenvalue weighted by Crippen LogP contribution is -2.44. The number of carbonyl (C=O) groups is 2. The Bertz CT molecular complexity index is 496. The summed E-state index contributed by atoms with van der Waals surface area (Å²) < 4.78 is 0. The first kappa shape index (κ1) is 14.4. The van der Waals surface area contributed by atoms with Gasteiger partial charge in [-0.05, 0) is 30.5 Å². The molecule has 0 bridgehead atoms. The maximum atomic E-state index is 12.4. The van der Waals surface area contributed by atoms with E-state index in [4.69, 9.17) is 5.73 Å². The number of hydrogen-bond donors (Lipinski definition) is 2. The molecule has 1 fully saturated rings. The van der Waals surface area contributed by atoms with Crippen molar-refractivity contribution < 1.29 is 14.7 Å². The van der Waals surface area contributed by atoms with Crippen molar-refractivity contribution in [2.75, 3.05) is 6.54 Å². The van der Waals surface area contributed by atoms with Crippen molar-refractivity contribution in [3.8, 4) is 5.75 Å². The Hall–Kier alpha value is -2.04. The second-order valence-electron chi connectivity index (χ2n) is 5.27. The summed E-state index contributed by atoms with van der Waals surface area (Å²) in [6.45, 7) is -0.0255. The van der Waals surface area contributed by atoms with Crippen LogP contribution >= 0.6 is 0 Å². The van der Waals surface area contributed by atoms with Gasteiger partial charge in [-0.3, -0.25) is 9.59 Å². The number of primary amides is 1. The summed E-state index contributed by atoms with van der Waals surface area (Å²) in [5, 5.41) is 9.42. The van der Waals surface area contributed by atoms with Crippen LogP contribution in [-0.2, 0) is 16.0 Å². The maximum Gasteiger partial charge on any atom is 0.237 e. The fourth-order valence-corrected chi connectivity index (χ4v) is 2.75. The van der Waals surface area contributed by atoms with Crippen molar-refractivity contribution in [2.24, 2.45) is 5.73 Å². The average Bonchev–Trinajstić information content (AvgIpc) is 2.89. The molecule has 2 rings (SSSR count). The van der Waals surface area contributed by atoms with E-state index in [1.54, 1.807) is 29.2 Å². The number of hydrogen-bond acceptors (Lipinski definition) is 3. The topological polar surface area (TPSA) is 83.6 Å². The zero-order valence-corrected chi connectivity index (χ0v) is 11.4. The quantitative estimate of drug-likeness (QED) is 0.847. The van der Waals surface area contributed by atoms with Crippen LogP contribution in [-0.4, -0.2) is 34.4 Å². The van der Waals surface area contributed by atoms with Crippen molar-refractivity contribution in [2.45, 2.75) is 38.1 Å². The van der Waals surface area contributed by atoms with Gasteiger partial charge in [0, 0.05) is 6.04 Å². The molecular weight excluding hydrogens is 256 g/mol. The zero-order chi connectivity index (χ0) is 14.5. The zero-order valence-electron chi connectivity index (χ0n) is 11.4. The lowest BCUT2D eigenvalue weighted by Gasteiger charge is -2.28. The smallest absolute Gasteiger partial charge is 0.237 e. The fourth-order valence-electron chi connectivity index (χ4n) is 2.75. The maximum absolute atomic E-state index is 12.4. The number of nitrogens with two attached hydrogens (primary N) is 1. The van der Waals surface area contributed by atoms with Gasteiger partial charge < -0.3 is 15.7 Å². The van der Waals surface area contributed by atoms with E-state index in [1.807, 2.05) is 0 Å². The van der Waals surface area contributed by atoms with Crippen LogP contribution in [0, 0.1) is 0 Å². The summed E-state index contributed by atoms with van der Waals surface area (Å²) in [6.07, 6.45) is 4.20.